The predicted molar refractivity (Wildman–Crippen MR) is 92.6 cm³/mol. The quantitative estimate of drug-likeness (QED) is 0.859. The summed E-state index contributed by atoms with van der Waals surface area (Å²) in [5, 5.41) is 13.0. The average Bonchev–Trinajstić information content (AvgIpc) is 3.07. The average molecular weight is 315 g/mol. The molecule has 0 saturated heterocycles. The SMILES string of the molecule is CC(NC1CCC(C(=O)O)CC1)C1(c2ccccc2)CCCC1. The van der Waals surface area contributed by atoms with E-state index in [0.29, 0.717) is 12.1 Å². The summed E-state index contributed by atoms with van der Waals surface area (Å²) in [6.45, 7) is 2.33. The molecule has 3 nitrogen and oxygen atoms in total. The standard InChI is InChI=1S/C20H29NO2/c1-15(21-18-11-9-16(10-12-18)19(22)23)20(13-5-6-14-20)17-7-3-2-4-8-17/h2-4,7-8,15-16,18,21H,5-6,9-14H2,1H3,(H,22,23). The second-order valence-electron chi connectivity index (χ2n) is 7.50. The van der Waals surface area contributed by atoms with Gasteiger partial charge in [0, 0.05) is 17.5 Å². The van der Waals surface area contributed by atoms with Gasteiger partial charge in [-0.05, 0) is 51.0 Å². The number of carboxylic acid groups (broad SMARTS) is 1. The monoisotopic (exact) mass is 315 g/mol. The van der Waals surface area contributed by atoms with Crippen LogP contribution in [0.5, 0.6) is 0 Å². The summed E-state index contributed by atoms with van der Waals surface area (Å²) in [7, 11) is 0. The molecule has 2 aliphatic rings. The first-order valence-corrected chi connectivity index (χ1v) is 9.16. The fraction of sp³-hybridized carbons (Fsp3) is 0.650. The van der Waals surface area contributed by atoms with E-state index in [2.05, 4.69) is 42.6 Å². The van der Waals surface area contributed by atoms with Crippen molar-refractivity contribution in [3.63, 3.8) is 0 Å². The molecule has 1 aromatic rings. The molecule has 0 amide bonds. The van der Waals surface area contributed by atoms with Crippen LogP contribution in [0.25, 0.3) is 0 Å². The van der Waals surface area contributed by atoms with Gasteiger partial charge >= 0.3 is 5.97 Å². The molecule has 3 rings (SSSR count). The van der Waals surface area contributed by atoms with E-state index in [1.807, 2.05) is 0 Å². The van der Waals surface area contributed by atoms with Gasteiger partial charge in [0.2, 0.25) is 0 Å². The van der Waals surface area contributed by atoms with Crippen molar-refractivity contribution in [2.45, 2.75) is 75.8 Å². The minimum absolute atomic E-state index is 0.127. The van der Waals surface area contributed by atoms with Crippen LogP contribution < -0.4 is 5.32 Å². The minimum Gasteiger partial charge on any atom is -0.481 e. The first-order chi connectivity index (χ1) is 11.1. The van der Waals surface area contributed by atoms with Gasteiger partial charge in [-0.3, -0.25) is 4.79 Å². The Morgan fingerprint density at radius 2 is 1.74 bits per heavy atom. The largest absolute Gasteiger partial charge is 0.481 e. The van der Waals surface area contributed by atoms with Gasteiger partial charge in [0.15, 0.2) is 0 Å². The lowest BCUT2D eigenvalue weighted by Crippen LogP contribution is -2.50. The summed E-state index contributed by atoms with van der Waals surface area (Å²) in [6.07, 6.45) is 8.76. The molecule has 1 unspecified atom stereocenters. The number of benzene rings is 1. The summed E-state index contributed by atoms with van der Waals surface area (Å²) < 4.78 is 0. The lowest BCUT2D eigenvalue weighted by molar-refractivity contribution is -0.142. The molecular formula is C20H29NO2. The van der Waals surface area contributed by atoms with Gasteiger partial charge in [-0.1, -0.05) is 43.2 Å². The Kier molecular flexibility index (Phi) is 5.05. The minimum atomic E-state index is -0.618. The molecule has 23 heavy (non-hydrogen) atoms. The van der Waals surface area contributed by atoms with Gasteiger partial charge in [0.25, 0.3) is 0 Å². The molecule has 3 heteroatoms. The van der Waals surface area contributed by atoms with Gasteiger partial charge in [-0.25, -0.2) is 0 Å². The van der Waals surface area contributed by atoms with E-state index < -0.39 is 5.97 Å². The molecule has 0 heterocycles. The first-order valence-electron chi connectivity index (χ1n) is 9.16. The Bertz CT molecular complexity index is 514. The van der Waals surface area contributed by atoms with Crippen molar-refractivity contribution < 1.29 is 9.90 Å². The lowest BCUT2D eigenvalue weighted by Gasteiger charge is -2.40. The molecule has 0 aliphatic heterocycles. The number of hydrogen-bond donors (Lipinski definition) is 2. The van der Waals surface area contributed by atoms with Crippen molar-refractivity contribution in [2.75, 3.05) is 0 Å². The van der Waals surface area contributed by atoms with Gasteiger partial charge in [-0.15, -0.1) is 0 Å². The zero-order chi connectivity index (χ0) is 16.3. The highest BCUT2D eigenvalue weighted by molar-refractivity contribution is 5.70. The fourth-order valence-electron chi connectivity index (χ4n) is 4.77. The molecule has 2 aliphatic carbocycles. The highest BCUT2D eigenvalue weighted by Gasteiger charge is 2.41. The van der Waals surface area contributed by atoms with Crippen LogP contribution in [0.2, 0.25) is 0 Å². The Labute approximate surface area is 139 Å². The maximum Gasteiger partial charge on any atom is 0.306 e. The molecule has 0 radical (unpaired) electrons. The van der Waals surface area contributed by atoms with E-state index in [0.717, 1.165) is 25.7 Å². The van der Waals surface area contributed by atoms with Crippen molar-refractivity contribution >= 4 is 5.97 Å². The van der Waals surface area contributed by atoms with Crippen LogP contribution in [-0.4, -0.2) is 23.2 Å². The predicted octanol–water partition coefficient (Wildman–Crippen LogP) is 4.12. The molecular weight excluding hydrogens is 286 g/mol. The Morgan fingerprint density at radius 1 is 1.13 bits per heavy atom. The van der Waals surface area contributed by atoms with E-state index in [1.165, 1.54) is 31.2 Å². The van der Waals surface area contributed by atoms with Crippen LogP contribution >= 0.6 is 0 Å². The smallest absolute Gasteiger partial charge is 0.306 e. The molecule has 126 valence electrons. The van der Waals surface area contributed by atoms with E-state index in [9.17, 15) is 4.79 Å². The molecule has 0 spiro atoms. The Morgan fingerprint density at radius 3 is 2.30 bits per heavy atom. The zero-order valence-electron chi connectivity index (χ0n) is 14.1. The van der Waals surface area contributed by atoms with Crippen molar-refractivity contribution in [3.8, 4) is 0 Å². The van der Waals surface area contributed by atoms with E-state index in [4.69, 9.17) is 5.11 Å². The third-order valence-electron chi connectivity index (χ3n) is 6.24. The molecule has 2 N–H and O–H groups in total. The van der Waals surface area contributed by atoms with Gasteiger partial charge < -0.3 is 10.4 Å². The molecule has 0 bridgehead atoms. The van der Waals surface area contributed by atoms with E-state index in [1.54, 1.807) is 0 Å². The molecule has 0 aromatic heterocycles. The lowest BCUT2D eigenvalue weighted by atomic mass is 9.72. The second kappa shape index (κ2) is 7.04. The molecule has 1 atom stereocenters. The van der Waals surface area contributed by atoms with Gasteiger partial charge in [0.1, 0.15) is 0 Å². The number of hydrogen-bond acceptors (Lipinski definition) is 2. The fourth-order valence-corrected chi connectivity index (χ4v) is 4.77. The van der Waals surface area contributed by atoms with Crippen LogP contribution in [-0.2, 0) is 10.2 Å². The topological polar surface area (TPSA) is 49.3 Å². The third-order valence-corrected chi connectivity index (χ3v) is 6.24. The summed E-state index contributed by atoms with van der Waals surface area (Å²) >= 11 is 0. The summed E-state index contributed by atoms with van der Waals surface area (Å²) in [4.78, 5) is 11.1. The number of rotatable bonds is 5. The van der Waals surface area contributed by atoms with Crippen molar-refractivity contribution in [1.29, 1.82) is 0 Å². The molecule has 2 saturated carbocycles. The second-order valence-corrected chi connectivity index (χ2v) is 7.50. The summed E-state index contributed by atoms with van der Waals surface area (Å²) in [6, 6.07) is 11.9. The number of carbonyl (C=O) groups is 1. The van der Waals surface area contributed by atoms with Crippen molar-refractivity contribution in [2.24, 2.45) is 5.92 Å². The third kappa shape index (κ3) is 3.45. The maximum absolute atomic E-state index is 11.1. The normalized spacial score (nSPS) is 28.4. The van der Waals surface area contributed by atoms with Crippen molar-refractivity contribution in [1.82, 2.24) is 5.32 Å². The first kappa shape index (κ1) is 16.5. The summed E-state index contributed by atoms with van der Waals surface area (Å²) in [5.74, 6) is -0.744. The highest BCUT2D eigenvalue weighted by atomic mass is 16.4. The zero-order valence-corrected chi connectivity index (χ0v) is 14.1. The van der Waals surface area contributed by atoms with Crippen LogP contribution in [0.4, 0.5) is 0 Å². The van der Waals surface area contributed by atoms with Crippen LogP contribution in [0.1, 0.15) is 63.9 Å². The van der Waals surface area contributed by atoms with Crippen LogP contribution in [0.15, 0.2) is 30.3 Å². The summed E-state index contributed by atoms with van der Waals surface area (Å²) in [5.41, 5.74) is 1.72. The van der Waals surface area contributed by atoms with Gasteiger partial charge in [-0.2, -0.15) is 0 Å². The van der Waals surface area contributed by atoms with Crippen LogP contribution in [0, 0.1) is 5.92 Å². The Balaban J connectivity index is 1.66. The number of aliphatic carboxylic acids is 1. The number of carboxylic acids is 1. The molecule has 2 fully saturated rings. The van der Waals surface area contributed by atoms with E-state index in [-0.39, 0.29) is 11.3 Å². The van der Waals surface area contributed by atoms with E-state index >= 15 is 0 Å². The van der Waals surface area contributed by atoms with Gasteiger partial charge in [0.05, 0.1) is 5.92 Å². The van der Waals surface area contributed by atoms with Crippen LogP contribution in [0.3, 0.4) is 0 Å². The number of nitrogens with one attached hydrogen (secondary N) is 1. The Hall–Kier alpha value is -1.35. The maximum atomic E-state index is 11.1. The highest BCUT2D eigenvalue weighted by Crippen LogP contribution is 2.44. The molecule has 1 aromatic carbocycles. The van der Waals surface area contributed by atoms with Crippen molar-refractivity contribution in [3.05, 3.63) is 35.9 Å².